The normalized spacial score (nSPS) is 17.1. The smallest absolute Gasteiger partial charge is 0.275 e. The minimum absolute atomic E-state index is 0.0217. The van der Waals surface area contributed by atoms with Crippen molar-refractivity contribution < 1.29 is 9.18 Å². The summed E-state index contributed by atoms with van der Waals surface area (Å²) in [5.74, 6) is -0.306. The van der Waals surface area contributed by atoms with Crippen molar-refractivity contribution in [1.29, 1.82) is 0 Å². The van der Waals surface area contributed by atoms with Gasteiger partial charge in [0.2, 0.25) is 0 Å². The molecule has 0 unspecified atom stereocenters. The number of para-hydroxylation sites is 2. The number of piperazine rings is 1. The first-order chi connectivity index (χ1) is 17.0. The summed E-state index contributed by atoms with van der Waals surface area (Å²) in [6.45, 7) is 2.13. The molecule has 0 radical (unpaired) electrons. The molecule has 2 aliphatic rings. The molecule has 4 aromatic rings. The number of halogens is 1. The molecule has 7 heteroatoms. The van der Waals surface area contributed by atoms with E-state index >= 15 is 0 Å². The molecule has 0 bridgehead atoms. The average Bonchev–Trinajstić information content (AvgIpc) is 3.52. The second-order valence-electron chi connectivity index (χ2n) is 9.72. The maximum Gasteiger partial charge on any atom is 0.275 e. The van der Waals surface area contributed by atoms with Crippen molar-refractivity contribution in [3.63, 3.8) is 0 Å². The largest absolute Gasteiger partial charge is 0.366 e. The van der Waals surface area contributed by atoms with E-state index in [1.165, 1.54) is 6.07 Å². The molecule has 2 fully saturated rings. The number of nitrogens with zero attached hydrogens (tertiary/aromatic N) is 4. The Morgan fingerprint density at radius 3 is 2.37 bits per heavy atom. The van der Waals surface area contributed by atoms with Gasteiger partial charge in [-0.25, -0.2) is 4.39 Å². The standard InChI is InChI=1S/C28H29FN4O2/c1-30-23-12-6-4-10-20(23)25-21(18-33(28(35)26(25)30)19-8-2-3-9-19)27(34)32-16-14-31(15-17-32)24-13-7-5-11-22(24)29/h4-7,10-13,18-19H,2-3,8-9,14-17H2,1H3. The SMILES string of the molecule is Cn1c2ccccc2c2c(C(=O)N3CCN(c4ccccc4F)CC3)cn(C3CCCC3)c(=O)c21. The molecule has 1 saturated heterocycles. The zero-order valence-electron chi connectivity index (χ0n) is 19.9. The maximum atomic E-state index is 14.3. The van der Waals surface area contributed by atoms with Gasteiger partial charge in [-0.2, -0.15) is 0 Å². The lowest BCUT2D eigenvalue weighted by molar-refractivity contribution is 0.0747. The number of pyridine rings is 1. The third kappa shape index (κ3) is 3.52. The van der Waals surface area contributed by atoms with Crippen molar-refractivity contribution >= 4 is 33.4 Å². The van der Waals surface area contributed by atoms with E-state index in [-0.39, 0.29) is 23.3 Å². The molecule has 0 spiro atoms. The maximum absolute atomic E-state index is 14.3. The number of aryl methyl sites for hydroxylation is 1. The Morgan fingerprint density at radius 1 is 0.943 bits per heavy atom. The second-order valence-corrected chi connectivity index (χ2v) is 9.72. The Morgan fingerprint density at radius 2 is 1.63 bits per heavy atom. The van der Waals surface area contributed by atoms with Crippen molar-refractivity contribution in [3.8, 4) is 0 Å². The van der Waals surface area contributed by atoms with E-state index in [1.54, 1.807) is 12.1 Å². The molecule has 35 heavy (non-hydrogen) atoms. The molecule has 2 aromatic carbocycles. The van der Waals surface area contributed by atoms with Crippen LogP contribution in [0.25, 0.3) is 21.8 Å². The number of carbonyl (C=O) groups excluding carboxylic acids is 1. The minimum Gasteiger partial charge on any atom is -0.366 e. The molecule has 6 nitrogen and oxygen atoms in total. The van der Waals surface area contributed by atoms with Gasteiger partial charge >= 0.3 is 0 Å². The number of hydrogen-bond donors (Lipinski definition) is 0. The summed E-state index contributed by atoms with van der Waals surface area (Å²) in [7, 11) is 1.91. The van der Waals surface area contributed by atoms with Gasteiger partial charge in [-0.1, -0.05) is 43.2 Å². The highest BCUT2D eigenvalue weighted by Crippen LogP contribution is 2.33. The van der Waals surface area contributed by atoms with Crippen LogP contribution in [0, 0.1) is 5.82 Å². The molecule has 3 heterocycles. The Bertz CT molecular complexity index is 1490. The molecule has 2 aromatic heterocycles. The molecule has 6 rings (SSSR count). The molecule has 1 aliphatic carbocycles. The van der Waals surface area contributed by atoms with Crippen LogP contribution in [-0.2, 0) is 7.05 Å². The summed E-state index contributed by atoms with van der Waals surface area (Å²) in [5, 5.41) is 1.66. The quantitative estimate of drug-likeness (QED) is 0.434. The first-order valence-corrected chi connectivity index (χ1v) is 12.5. The van der Waals surface area contributed by atoms with Crippen LogP contribution in [-0.4, -0.2) is 46.1 Å². The summed E-state index contributed by atoms with van der Waals surface area (Å²) in [6.07, 6.45) is 5.95. The lowest BCUT2D eigenvalue weighted by Crippen LogP contribution is -2.49. The highest BCUT2D eigenvalue weighted by molar-refractivity contribution is 6.17. The predicted octanol–water partition coefficient (Wildman–Crippen LogP) is 4.71. The first kappa shape index (κ1) is 21.9. The van der Waals surface area contributed by atoms with E-state index in [0.29, 0.717) is 42.9 Å². The molecular weight excluding hydrogens is 443 g/mol. The molecule has 1 amide bonds. The number of fused-ring (bicyclic) bond motifs is 3. The van der Waals surface area contributed by atoms with Crippen molar-refractivity contribution in [2.75, 3.05) is 31.1 Å². The van der Waals surface area contributed by atoms with E-state index in [0.717, 1.165) is 42.0 Å². The molecule has 0 atom stereocenters. The van der Waals surface area contributed by atoms with Gasteiger partial charge in [0.15, 0.2) is 0 Å². The summed E-state index contributed by atoms with van der Waals surface area (Å²) in [6, 6.07) is 14.8. The fourth-order valence-electron chi connectivity index (χ4n) is 5.95. The minimum atomic E-state index is -0.242. The van der Waals surface area contributed by atoms with E-state index in [2.05, 4.69) is 0 Å². The fraction of sp³-hybridized carbons (Fsp3) is 0.357. The third-order valence-corrected chi connectivity index (χ3v) is 7.79. The average molecular weight is 473 g/mol. The Kier molecular flexibility index (Phi) is 5.35. The summed E-state index contributed by atoms with van der Waals surface area (Å²) in [4.78, 5) is 31.5. The van der Waals surface area contributed by atoms with Gasteiger partial charge in [-0.05, 0) is 31.0 Å². The number of rotatable bonds is 3. The van der Waals surface area contributed by atoms with Crippen LogP contribution in [0.5, 0.6) is 0 Å². The predicted molar refractivity (Wildman–Crippen MR) is 137 cm³/mol. The van der Waals surface area contributed by atoms with Crippen LogP contribution >= 0.6 is 0 Å². The monoisotopic (exact) mass is 472 g/mol. The fourth-order valence-corrected chi connectivity index (χ4v) is 5.95. The van der Waals surface area contributed by atoms with Gasteiger partial charge in [0.05, 0.1) is 11.3 Å². The molecular formula is C28H29FN4O2. The van der Waals surface area contributed by atoms with Crippen molar-refractivity contribution in [2.45, 2.75) is 31.7 Å². The zero-order chi connectivity index (χ0) is 24.1. The van der Waals surface area contributed by atoms with Crippen LogP contribution in [0.15, 0.2) is 59.5 Å². The molecule has 180 valence electrons. The van der Waals surface area contributed by atoms with Gasteiger partial charge in [0, 0.05) is 61.8 Å². The van der Waals surface area contributed by atoms with Gasteiger partial charge in [0.25, 0.3) is 11.5 Å². The van der Waals surface area contributed by atoms with E-state index in [1.807, 2.05) is 62.5 Å². The molecule has 1 saturated carbocycles. The van der Waals surface area contributed by atoms with Gasteiger partial charge < -0.3 is 18.9 Å². The second kappa shape index (κ2) is 8.56. The van der Waals surface area contributed by atoms with Gasteiger partial charge in [0.1, 0.15) is 11.3 Å². The highest BCUT2D eigenvalue weighted by atomic mass is 19.1. The van der Waals surface area contributed by atoms with Crippen LogP contribution in [0.4, 0.5) is 10.1 Å². The number of amides is 1. The first-order valence-electron chi connectivity index (χ1n) is 12.5. The molecule has 0 N–H and O–H groups in total. The number of benzene rings is 2. The number of hydrogen-bond acceptors (Lipinski definition) is 3. The Hall–Kier alpha value is -3.61. The lowest BCUT2D eigenvalue weighted by atomic mass is 10.1. The van der Waals surface area contributed by atoms with Crippen molar-refractivity contribution in [2.24, 2.45) is 7.05 Å². The van der Waals surface area contributed by atoms with Crippen LogP contribution in [0.1, 0.15) is 42.1 Å². The number of anilines is 1. The summed E-state index contributed by atoms with van der Waals surface area (Å²) in [5.41, 5.74) is 2.68. The van der Waals surface area contributed by atoms with Crippen LogP contribution in [0.2, 0.25) is 0 Å². The van der Waals surface area contributed by atoms with Crippen molar-refractivity contribution in [1.82, 2.24) is 14.0 Å². The van der Waals surface area contributed by atoms with Gasteiger partial charge in [-0.15, -0.1) is 0 Å². The van der Waals surface area contributed by atoms with E-state index in [4.69, 9.17) is 0 Å². The van der Waals surface area contributed by atoms with Crippen LogP contribution < -0.4 is 10.5 Å². The van der Waals surface area contributed by atoms with Gasteiger partial charge in [-0.3, -0.25) is 9.59 Å². The number of carbonyl (C=O) groups is 1. The van der Waals surface area contributed by atoms with E-state index < -0.39 is 0 Å². The zero-order valence-corrected chi connectivity index (χ0v) is 19.9. The van der Waals surface area contributed by atoms with E-state index in [9.17, 15) is 14.0 Å². The lowest BCUT2D eigenvalue weighted by Gasteiger charge is -2.36. The Balaban J connectivity index is 1.42. The summed E-state index contributed by atoms with van der Waals surface area (Å²) >= 11 is 0. The topological polar surface area (TPSA) is 50.5 Å². The Labute approximate surface area is 203 Å². The summed E-state index contributed by atoms with van der Waals surface area (Å²) < 4.78 is 18.0. The highest BCUT2D eigenvalue weighted by Gasteiger charge is 2.29. The van der Waals surface area contributed by atoms with Crippen molar-refractivity contribution in [3.05, 3.63) is 76.5 Å². The van der Waals surface area contributed by atoms with Crippen LogP contribution in [0.3, 0.4) is 0 Å². The number of aromatic nitrogens is 2. The third-order valence-electron chi connectivity index (χ3n) is 7.79. The molecule has 1 aliphatic heterocycles.